The topological polar surface area (TPSA) is 72.9 Å². The van der Waals surface area contributed by atoms with Crippen LogP contribution < -0.4 is 0 Å². The van der Waals surface area contributed by atoms with Gasteiger partial charge in [-0.1, -0.05) is 0 Å². The van der Waals surface area contributed by atoms with E-state index in [1.165, 1.54) is 14.2 Å². The third kappa shape index (κ3) is 1.29. The molecule has 102 valence electrons. The van der Waals surface area contributed by atoms with Gasteiger partial charge in [0.25, 0.3) is 0 Å². The number of nitrogens with zero attached hydrogens (tertiary/aromatic N) is 1. The van der Waals surface area contributed by atoms with Crippen LogP contribution >= 0.6 is 0 Å². The zero-order chi connectivity index (χ0) is 13.8. The van der Waals surface area contributed by atoms with Gasteiger partial charge in [0.15, 0.2) is 0 Å². The van der Waals surface area contributed by atoms with Gasteiger partial charge in [-0.3, -0.25) is 4.79 Å². The van der Waals surface area contributed by atoms with E-state index in [-0.39, 0.29) is 0 Å². The predicted molar refractivity (Wildman–Crippen MR) is 62.9 cm³/mol. The third-order valence-corrected chi connectivity index (χ3v) is 4.43. The standard InChI is InChI=1S/C13H15NO5/c1-18-10(16)8-9(11(17)19-2)13(5-6-13)14(7-15)12(8)3-4-12/h7H,3-6H2,1-2H3. The number of ether oxygens (including phenoxy) is 2. The molecular weight excluding hydrogens is 250 g/mol. The summed E-state index contributed by atoms with van der Waals surface area (Å²) in [5.41, 5.74) is -0.609. The monoisotopic (exact) mass is 265 g/mol. The van der Waals surface area contributed by atoms with E-state index in [2.05, 4.69) is 0 Å². The summed E-state index contributed by atoms with van der Waals surface area (Å²) in [6.45, 7) is 0. The molecule has 2 aliphatic carbocycles. The largest absolute Gasteiger partial charge is 0.466 e. The lowest BCUT2D eigenvalue weighted by atomic mass is 10.00. The molecule has 0 bridgehead atoms. The van der Waals surface area contributed by atoms with E-state index in [0.717, 1.165) is 6.41 Å². The Morgan fingerprint density at radius 1 is 1.00 bits per heavy atom. The van der Waals surface area contributed by atoms with Gasteiger partial charge in [0.05, 0.1) is 36.4 Å². The fourth-order valence-corrected chi connectivity index (χ4v) is 3.32. The molecule has 0 N–H and O–H groups in total. The van der Waals surface area contributed by atoms with E-state index in [4.69, 9.17) is 9.47 Å². The summed E-state index contributed by atoms with van der Waals surface area (Å²) >= 11 is 0. The van der Waals surface area contributed by atoms with Gasteiger partial charge in [-0.25, -0.2) is 9.59 Å². The molecule has 0 aromatic rings. The number of rotatable bonds is 3. The summed E-state index contributed by atoms with van der Waals surface area (Å²) < 4.78 is 9.60. The van der Waals surface area contributed by atoms with E-state index in [1.807, 2.05) is 0 Å². The highest BCUT2D eigenvalue weighted by Gasteiger charge is 2.72. The van der Waals surface area contributed by atoms with Gasteiger partial charge in [-0.2, -0.15) is 0 Å². The number of amides is 1. The van der Waals surface area contributed by atoms with E-state index >= 15 is 0 Å². The fraction of sp³-hybridized carbons (Fsp3) is 0.615. The Balaban J connectivity index is 2.19. The van der Waals surface area contributed by atoms with Gasteiger partial charge >= 0.3 is 11.9 Å². The lowest BCUT2D eigenvalue weighted by Gasteiger charge is -2.27. The van der Waals surface area contributed by atoms with E-state index in [1.54, 1.807) is 4.90 Å². The van der Waals surface area contributed by atoms with Crippen LogP contribution in [-0.4, -0.2) is 48.5 Å². The van der Waals surface area contributed by atoms with Crippen LogP contribution in [0.4, 0.5) is 0 Å². The minimum Gasteiger partial charge on any atom is -0.466 e. The van der Waals surface area contributed by atoms with Crippen molar-refractivity contribution in [2.45, 2.75) is 36.8 Å². The van der Waals surface area contributed by atoms with Gasteiger partial charge < -0.3 is 14.4 Å². The van der Waals surface area contributed by atoms with Crippen LogP contribution in [0.3, 0.4) is 0 Å². The van der Waals surface area contributed by atoms with Crippen LogP contribution in [0.1, 0.15) is 25.7 Å². The molecule has 1 amide bonds. The quantitative estimate of drug-likeness (QED) is 0.537. The molecule has 3 aliphatic rings. The van der Waals surface area contributed by atoms with Crippen molar-refractivity contribution >= 4 is 18.3 Å². The highest BCUT2D eigenvalue weighted by molar-refractivity contribution is 6.07. The number of carbonyl (C=O) groups excluding carboxylic acids is 3. The minimum absolute atomic E-state index is 0.325. The van der Waals surface area contributed by atoms with E-state index in [0.29, 0.717) is 36.8 Å². The van der Waals surface area contributed by atoms with Crippen LogP contribution in [0.15, 0.2) is 11.1 Å². The van der Waals surface area contributed by atoms with Crippen LogP contribution in [-0.2, 0) is 23.9 Å². The molecular formula is C13H15NO5. The molecule has 6 heteroatoms. The predicted octanol–water partition coefficient (Wildman–Crippen LogP) is 0.166. The normalized spacial score (nSPS) is 24.6. The van der Waals surface area contributed by atoms with Crippen molar-refractivity contribution in [3.8, 4) is 0 Å². The molecule has 2 saturated carbocycles. The third-order valence-electron chi connectivity index (χ3n) is 4.43. The van der Waals surface area contributed by atoms with Crippen molar-refractivity contribution in [1.29, 1.82) is 0 Å². The Morgan fingerprint density at radius 2 is 1.37 bits per heavy atom. The highest BCUT2D eigenvalue weighted by atomic mass is 16.5. The van der Waals surface area contributed by atoms with Crippen LogP contribution in [0.2, 0.25) is 0 Å². The molecule has 0 aromatic carbocycles. The summed E-state index contributed by atoms with van der Waals surface area (Å²) in [6.07, 6.45) is 3.52. The van der Waals surface area contributed by atoms with Gasteiger partial charge in [-0.05, 0) is 25.7 Å². The van der Waals surface area contributed by atoms with Gasteiger partial charge in [0.2, 0.25) is 6.41 Å². The molecule has 0 atom stereocenters. The first kappa shape index (κ1) is 12.2. The maximum Gasteiger partial charge on any atom is 0.336 e. The first-order chi connectivity index (χ1) is 9.07. The summed E-state index contributed by atoms with van der Waals surface area (Å²) in [5.74, 6) is -1.07. The molecule has 2 fully saturated rings. The smallest absolute Gasteiger partial charge is 0.336 e. The van der Waals surface area contributed by atoms with E-state index in [9.17, 15) is 14.4 Å². The van der Waals surface area contributed by atoms with Crippen molar-refractivity contribution in [2.75, 3.05) is 14.2 Å². The number of methoxy groups -OCH3 is 2. The fourth-order valence-electron chi connectivity index (χ4n) is 3.32. The Morgan fingerprint density at radius 3 is 1.58 bits per heavy atom. The minimum atomic E-state index is -0.630. The van der Waals surface area contributed by atoms with Gasteiger partial charge in [0, 0.05) is 0 Å². The number of carbonyl (C=O) groups is 3. The van der Waals surface area contributed by atoms with Crippen molar-refractivity contribution in [1.82, 2.24) is 4.90 Å². The van der Waals surface area contributed by atoms with Crippen molar-refractivity contribution in [2.24, 2.45) is 0 Å². The second-order valence-corrected chi connectivity index (χ2v) is 5.27. The lowest BCUT2D eigenvalue weighted by Crippen LogP contribution is -2.42. The summed E-state index contributed by atoms with van der Waals surface area (Å²) in [5, 5.41) is 0. The highest BCUT2D eigenvalue weighted by Crippen LogP contribution is 2.65. The van der Waals surface area contributed by atoms with Gasteiger partial charge in [0.1, 0.15) is 0 Å². The Labute approximate surface area is 110 Å². The second kappa shape index (κ2) is 3.59. The van der Waals surface area contributed by atoms with Crippen molar-refractivity contribution in [3.05, 3.63) is 11.1 Å². The van der Waals surface area contributed by atoms with Crippen LogP contribution in [0, 0.1) is 0 Å². The number of hydrogen-bond acceptors (Lipinski definition) is 5. The van der Waals surface area contributed by atoms with E-state index < -0.39 is 23.0 Å². The summed E-state index contributed by atoms with van der Waals surface area (Å²) in [6, 6.07) is 0. The molecule has 6 nitrogen and oxygen atoms in total. The zero-order valence-corrected chi connectivity index (χ0v) is 10.9. The summed E-state index contributed by atoms with van der Waals surface area (Å²) in [7, 11) is 2.56. The Kier molecular flexibility index (Phi) is 2.30. The maximum absolute atomic E-state index is 12.0. The average Bonchev–Trinajstić information content (AvgIpc) is 3.29. The molecule has 0 aromatic heterocycles. The molecule has 19 heavy (non-hydrogen) atoms. The second-order valence-electron chi connectivity index (χ2n) is 5.27. The SMILES string of the molecule is COC(=O)C1=C(C(=O)OC)C2(CC2)N(C=O)C12CC2. The molecule has 0 unspecified atom stereocenters. The first-order valence-electron chi connectivity index (χ1n) is 6.24. The Hall–Kier alpha value is -1.85. The summed E-state index contributed by atoms with van der Waals surface area (Å²) in [4.78, 5) is 37.2. The van der Waals surface area contributed by atoms with Crippen LogP contribution in [0.25, 0.3) is 0 Å². The zero-order valence-electron chi connectivity index (χ0n) is 10.9. The molecule has 1 aliphatic heterocycles. The maximum atomic E-state index is 12.0. The van der Waals surface area contributed by atoms with Crippen molar-refractivity contribution in [3.63, 3.8) is 0 Å². The molecule has 3 rings (SSSR count). The average molecular weight is 265 g/mol. The van der Waals surface area contributed by atoms with Gasteiger partial charge in [-0.15, -0.1) is 0 Å². The molecule has 1 heterocycles. The Bertz CT molecular complexity index is 471. The number of hydrogen-bond donors (Lipinski definition) is 0. The molecule has 2 spiro atoms. The first-order valence-corrected chi connectivity index (χ1v) is 6.24. The lowest BCUT2D eigenvalue weighted by molar-refractivity contribution is -0.139. The number of esters is 2. The van der Waals surface area contributed by atoms with Crippen molar-refractivity contribution < 1.29 is 23.9 Å². The van der Waals surface area contributed by atoms with Crippen LogP contribution in [0.5, 0.6) is 0 Å². The molecule has 0 radical (unpaired) electrons. The molecule has 0 saturated heterocycles.